The molecule has 3 nitrogen and oxygen atoms in total. The first kappa shape index (κ1) is 15.9. The van der Waals surface area contributed by atoms with E-state index in [1.807, 2.05) is 45.0 Å². The number of hydrogen-bond acceptors (Lipinski definition) is 3. The van der Waals surface area contributed by atoms with Crippen molar-refractivity contribution in [3.63, 3.8) is 0 Å². The second kappa shape index (κ2) is 6.35. The molecule has 0 heterocycles. The number of nitrogens with two attached hydrogens (primary N) is 1. The van der Waals surface area contributed by atoms with Crippen LogP contribution in [0.25, 0.3) is 0 Å². The number of esters is 1. The number of halogens is 1. The fourth-order valence-corrected chi connectivity index (χ4v) is 1.96. The minimum Gasteiger partial charge on any atom is -0.459 e. The Kier molecular flexibility index (Phi) is 5.32. The Hall–Kier alpha value is -1.13. The smallest absolute Gasteiger partial charge is 0.324 e. The van der Waals surface area contributed by atoms with Crippen molar-refractivity contribution < 1.29 is 9.53 Å². The monoisotopic (exact) mass is 325 g/mol. The van der Waals surface area contributed by atoms with Crippen molar-refractivity contribution in [1.29, 1.82) is 0 Å². The molecular weight excluding hydrogens is 306 g/mol. The van der Waals surface area contributed by atoms with Crippen LogP contribution < -0.4 is 5.73 Å². The molecule has 0 radical (unpaired) electrons. The summed E-state index contributed by atoms with van der Waals surface area (Å²) in [6, 6.07) is 6.90. The third-order valence-corrected chi connectivity index (χ3v) is 3.10. The summed E-state index contributed by atoms with van der Waals surface area (Å²) in [5.41, 5.74) is 6.39. The van der Waals surface area contributed by atoms with Crippen LogP contribution in [0, 0.1) is 0 Å². The molecule has 0 aromatic heterocycles. The summed E-state index contributed by atoms with van der Waals surface area (Å²) in [5.74, 6) is -0.678. The summed E-state index contributed by atoms with van der Waals surface area (Å²) in [6.07, 6.45) is 1.68. The van der Waals surface area contributed by atoms with Crippen LogP contribution in [-0.4, -0.2) is 17.6 Å². The maximum atomic E-state index is 12.0. The molecule has 0 bridgehead atoms. The highest BCUT2D eigenvalue weighted by atomic mass is 79.9. The largest absolute Gasteiger partial charge is 0.459 e. The molecule has 104 valence electrons. The number of carbonyl (C=O) groups excluding carboxylic acids is 1. The molecule has 1 aromatic carbocycles. The Morgan fingerprint density at radius 1 is 1.37 bits per heavy atom. The molecule has 1 rings (SSSR count). The first-order valence-corrected chi connectivity index (χ1v) is 6.90. The lowest BCUT2D eigenvalue weighted by molar-refractivity contribution is -0.156. The van der Waals surface area contributed by atoms with Gasteiger partial charge in [0.15, 0.2) is 0 Å². The van der Waals surface area contributed by atoms with Gasteiger partial charge in [0.2, 0.25) is 0 Å². The van der Waals surface area contributed by atoms with Gasteiger partial charge in [-0.25, -0.2) is 0 Å². The van der Waals surface area contributed by atoms with E-state index in [1.54, 1.807) is 6.08 Å². The molecule has 19 heavy (non-hydrogen) atoms. The van der Waals surface area contributed by atoms with Gasteiger partial charge in [0.1, 0.15) is 11.6 Å². The van der Waals surface area contributed by atoms with E-state index in [4.69, 9.17) is 10.5 Å². The molecule has 0 amide bonds. The molecule has 0 unspecified atom stereocenters. The fraction of sp³-hybridized carbons (Fsp3) is 0.400. The Labute approximate surface area is 123 Å². The van der Waals surface area contributed by atoms with E-state index in [-0.39, 0.29) is 5.92 Å². The van der Waals surface area contributed by atoms with Gasteiger partial charge in [-0.1, -0.05) is 34.1 Å². The van der Waals surface area contributed by atoms with Crippen LogP contribution in [0.5, 0.6) is 0 Å². The standard InChI is InChI=1S/C15H20BrNO2/c1-5-12(10-6-8-11(16)9-7-10)13(17)14(18)19-15(2,3)4/h5-9,12-13H,1,17H2,2-4H3/t12-,13+/m1/s1. The van der Waals surface area contributed by atoms with E-state index in [0.29, 0.717) is 0 Å². The minimum atomic E-state index is -0.752. The van der Waals surface area contributed by atoms with Gasteiger partial charge in [-0.15, -0.1) is 6.58 Å². The molecule has 0 saturated heterocycles. The van der Waals surface area contributed by atoms with E-state index >= 15 is 0 Å². The minimum absolute atomic E-state index is 0.261. The zero-order valence-corrected chi connectivity index (χ0v) is 13.1. The normalized spacial score (nSPS) is 14.6. The second-order valence-corrected chi connectivity index (χ2v) is 6.29. The fourth-order valence-electron chi connectivity index (χ4n) is 1.69. The number of benzene rings is 1. The average molecular weight is 326 g/mol. The average Bonchev–Trinajstić information content (AvgIpc) is 2.30. The molecular formula is C15H20BrNO2. The van der Waals surface area contributed by atoms with Gasteiger partial charge >= 0.3 is 5.97 Å². The molecule has 4 heteroatoms. The zero-order valence-electron chi connectivity index (χ0n) is 11.5. The highest BCUT2D eigenvalue weighted by Gasteiger charge is 2.28. The quantitative estimate of drug-likeness (QED) is 0.682. The van der Waals surface area contributed by atoms with Gasteiger partial charge in [-0.05, 0) is 38.5 Å². The van der Waals surface area contributed by atoms with Crippen molar-refractivity contribution in [2.24, 2.45) is 5.73 Å². The van der Waals surface area contributed by atoms with Crippen LogP contribution in [0.2, 0.25) is 0 Å². The molecule has 0 saturated carbocycles. The van der Waals surface area contributed by atoms with Crippen LogP contribution in [0.3, 0.4) is 0 Å². The first-order chi connectivity index (χ1) is 8.74. The second-order valence-electron chi connectivity index (χ2n) is 5.37. The van der Waals surface area contributed by atoms with E-state index < -0.39 is 17.6 Å². The predicted molar refractivity (Wildman–Crippen MR) is 80.9 cm³/mol. The number of hydrogen-bond donors (Lipinski definition) is 1. The molecule has 0 aliphatic carbocycles. The maximum absolute atomic E-state index is 12.0. The Morgan fingerprint density at radius 3 is 2.32 bits per heavy atom. The third-order valence-electron chi connectivity index (χ3n) is 2.57. The molecule has 1 aromatic rings. The van der Waals surface area contributed by atoms with Crippen molar-refractivity contribution in [3.05, 3.63) is 47.0 Å². The highest BCUT2D eigenvalue weighted by Crippen LogP contribution is 2.23. The number of ether oxygens (including phenoxy) is 1. The lowest BCUT2D eigenvalue weighted by Crippen LogP contribution is -2.41. The van der Waals surface area contributed by atoms with Crippen LogP contribution in [0.4, 0.5) is 0 Å². The van der Waals surface area contributed by atoms with Crippen molar-refractivity contribution in [2.45, 2.75) is 38.3 Å². The lowest BCUT2D eigenvalue weighted by atomic mass is 9.92. The summed E-state index contributed by atoms with van der Waals surface area (Å²) >= 11 is 3.37. The van der Waals surface area contributed by atoms with Crippen LogP contribution in [0.1, 0.15) is 32.3 Å². The van der Waals surface area contributed by atoms with E-state index in [1.165, 1.54) is 0 Å². The first-order valence-electron chi connectivity index (χ1n) is 6.11. The molecule has 2 N–H and O–H groups in total. The van der Waals surface area contributed by atoms with Crippen LogP contribution >= 0.6 is 15.9 Å². The lowest BCUT2D eigenvalue weighted by Gasteiger charge is -2.25. The van der Waals surface area contributed by atoms with Crippen LogP contribution in [0.15, 0.2) is 41.4 Å². The van der Waals surface area contributed by atoms with Crippen molar-refractivity contribution in [1.82, 2.24) is 0 Å². The van der Waals surface area contributed by atoms with E-state index in [2.05, 4.69) is 22.5 Å². The predicted octanol–water partition coefficient (Wildman–Crippen LogP) is 3.39. The Morgan fingerprint density at radius 2 is 1.89 bits per heavy atom. The molecule has 0 aliphatic heterocycles. The Bertz CT molecular complexity index is 448. The Balaban J connectivity index is 2.88. The number of carbonyl (C=O) groups is 1. The third kappa shape index (κ3) is 4.80. The van der Waals surface area contributed by atoms with Crippen molar-refractivity contribution in [2.75, 3.05) is 0 Å². The van der Waals surface area contributed by atoms with Crippen molar-refractivity contribution >= 4 is 21.9 Å². The topological polar surface area (TPSA) is 52.3 Å². The molecule has 0 fully saturated rings. The zero-order chi connectivity index (χ0) is 14.6. The summed E-state index contributed by atoms with van der Waals surface area (Å²) in [6.45, 7) is 9.22. The molecule has 0 aliphatic rings. The highest BCUT2D eigenvalue weighted by molar-refractivity contribution is 9.10. The van der Waals surface area contributed by atoms with Crippen molar-refractivity contribution in [3.8, 4) is 0 Å². The van der Waals surface area contributed by atoms with Gasteiger partial charge < -0.3 is 10.5 Å². The van der Waals surface area contributed by atoms with Gasteiger partial charge in [0.05, 0.1) is 0 Å². The SMILES string of the molecule is C=C[C@H](c1ccc(Br)cc1)[C@H](N)C(=O)OC(C)(C)C. The molecule has 2 atom stereocenters. The summed E-state index contributed by atoms with van der Waals surface area (Å²) in [5, 5.41) is 0. The van der Waals surface area contributed by atoms with Gasteiger partial charge in [-0.2, -0.15) is 0 Å². The summed E-state index contributed by atoms with van der Waals surface area (Å²) < 4.78 is 6.28. The van der Waals surface area contributed by atoms with E-state index in [9.17, 15) is 4.79 Å². The summed E-state index contributed by atoms with van der Waals surface area (Å²) in [7, 11) is 0. The van der Waals surface area contributed by atoms with Crippen LogP contribution in [-0.2, 0) is 9.53 Å². The molecule has 0 spiro atoms. The van der Waals surface area contributed by atoms with Gasteiger partial charge in [-0.3, -0.25) is 4.79 Å². The number of rotatable bonds is 4. The summed E-state index contributed by atoms with van der Waals surface area (Å²) in [4.78, 5) is 12.0. The van der Waals surface area contributed by atoms with E-state index in [0.717, 1.165) is 10.0 Å². The van der Waals surface area contributed by atoms with Gasteiger partial charge in [0.25, 0.3) is 0 Å². The maximum Gasteiger partial charge on any atom is 0.324 e. The van der Waals surface area contributed by atoms with Gasteiger partial charge in [0, 0.05) is 10.4 Å².